The van der Waals surface area contributed by atoms with Crippen molar-refractivity contribution in [2.45, 2.75) is 6.42 Å². The van der Waals surface area contributed by atoms with Gasteiger partial charge in [0.15, 0.2) is 11.5 Å². The summed E-state index contributed by atoms with van der Waals surface area (Å²) in [4.78, 5) is 0. The van der Waals surface area contributed by atoms with E-state index in [2.05, 4.69) is 13.2 Å². The lowest BCUT2D eigenvalue weighted by atomic mass is 10.2. The molecule has 0 atom stereocenters. The molecule has 0 fully saturated rings. The minimum absolute atomic E-state index is 0.00375. The molecule has 0 aromatic heterocycles. The SMILES string of the molecule is C=C(/C=C(/O)C(=C)OC)CCN. The van der Waals surface area contributed by atoms with Gasteiger partial charge in [0.05, 0.1) is 7.11 Å². The lowest BCUT2D eigenvalue weighted by Gasteiger charge is -2.03. The molecule has 3 N–H and O–H groups in total. The third kappa shape index (κ3) is 3.83. The van der Waals surface area contributed by atoms with Gasteiger partial charge in [-0.3, -0.25) is 0 Å². The van der Waals surface area contributed by atoms with Crippen molar-refractivity contribution in [1.82, 2.24) is 0 Å². The molecule has 12 heavy (non-hydrogen) atoms. The highest BCUT2D eigenvalue weighted by atomic mass is 16.5. The van der Waals surface area contributed by atoms with Gasteiger partial charge in [0.25, 0.3) is 0 Å². The van der Waals surface area contributed by atoms with Crippen molar-refractivity contribution in [2.75, 3.05) is 13.7 Å². The molecule has 0 rings (SSSR count). The number of aliphatic hydroxyl groups excluding tert-OH is 1. The van der Waals surface area contributed by atoms with Crippen LogP contribution in [0.25, 0.3) is 0 Å². The maximum Gasteiger partial charge on any atom is 0.157 e. The molecule has 0 aliphatic carbocycles. The molecule has 0 unspecified atom stereocenters. The summed E-state index contributed by atoms with van der Waals surface area (Å²) in [5.41, 5.74) is 6.05. The van der Waals surface area contributed by atoms with Crippen molar-refractivity contribution in [3.63, 3.8) is 0 Å². The van der Waals surface area contributed by atoms with Crippen molar-refractivity contribution in [3.05, 3.63) is 36.3 Å². The van der Waals surface area contributed by atoms with Gasteiger partial charge in [-0.05, 0) is 19.0 Å². The van der Waals surface area contributed by atoms with Crippen LogP contribution >= 0.6 is 0 Å². The zero-order valence-electron chi connectivity index (χ0n) is 7.34. The number of hydrogen-bond donors (Lipinski definition) is 2. The van der Waals surface area contributed by atoms with Crippen LogP contribution in [0, 0.1) is 0 Å². The van der Waals surface area contributed by atoms with E-state index in [0.29, 0.717) is 13.0 Å². The molecule has 0 aliphatic rings. The van der Waals surface area contributed by atoms with Crippen LogP contribution in [0.5, 0.6) is 0 Å². The van der Waals surface area contributed by atoms with E-state index < -0.39 is 0 Å². The Morgan fingerprint density at radius 1 is 1.58 bits per heavy atom. The Balaban J connectivity index is 4.15. The number of aliphatic hydroxyl groups is 1. The average molecular weight is 169 g/mol. The van der Waals surface area contributed by atoms with Crippen LogP contribution in [0.1, 0.15) is 6.42 Å². The Bertz CT molecular complexity index is 207. The smallest absolute Gasteiger partial charge is 0.157 e. The van der Waals surface area contributed by atoms with Crippen molar-refractivity contribution < 1.29 is 9.84 Å². The van der Waals surface area contributed by atoms with Crippen LogP contribution in [0.15, 0.2) is 36.3 Å². The van der Waals surface area contributed by atoms with Crippen LogP contribution in [-0.2, 0) is 4.74 Å². The fourth-order valence-corrected chi connectivity index (χ4v) is 0.636. The quantitative estimate of drug-likeness (QED) is 0.484. The van der Waals surface area contributed by atoms with E-state index in [9.17, 15) is 5.11 Å². The van der Waals surface area contributed by atoms with Crippen molar-refractivity contribution in [1.29, 1.82) is 0 Å². The molecular weight excluding hydrogens is 154 g/mol. The summed E-state index contributed by atoms with van der Waals surface area (Å²) >= 11 is 0. The summed E-state index contributed by atoms with van der Waals surface area (Å²) in [6.45, 7) is 7.68. The van der Waals surface area contributed by atoms with Crippen LogP contribution in [0.4, 0.5) is 0 Å². The number of methoxy groups -OCH3 is 1. The predicted octanol–water partition coefficient (Wildman–Crippen LogP) is 1.49. The van der Waals surface area contributed by atoms with E-state index in [1.165, 1.54) is 13.2 Å². The maximum atomic E-state index is 9.25. The number of rotatable bonds is 5. The van der Waals surface area contributed by atoms with Gasteiger partial charge in [0, 0.05) is 0 Å². The Hall–Kier alpha value is -1.22. The highest BCUT2D eigenvalue weighted by Crippen LogP contribution is 2.08. The number of hydrogen-bond acceptors (Lipinski definition) is 3. The van der Waals surface area contributed by atoms with Gasteiger partial charge in [-0.25, -0.2) is 0 Å². The van der Waals surface area contributed by atoms with E-state index in [0.717, 1.165) is 5.57 Å². The Kier molecular flexibility index (Phi) is 4.88. The predicted molar refractivity (Wildman–Crippen MR) is 49.7 cm³/mol. The number of allylic oxidation sites excluding steroid dienone is 1. The monoisotopic (exact) mass is 169 g/mol. The summed E-state index contributed by atoms with van der Waals surface area (Å²) in [5, 5.41) is 9.25. The standard InChI is InChI=1S/C9H15NO2/c1-7(4-5-10)6-9(11)8(2)12-3/h6,11H,1-2,4-5,10H2,3H3/b9-6+. The average Bonchev–Trinajstić information content (AvgIpc) is 2.03. The molecule has 0 aromatic rings. The Labute approximate surface area is 72.8 Å². The summed E-state index contributed by atoms with van der Waals surface area (Å²) in [6.07, 6.45) is 2.15. The van der Waals surface area contributed by atoms with E-state index >= 15 is 0 Å². The summed E-state index contributed by atoms with van der Waals surface area (Å²) in [5.74, 6) is 0.226. The molecule has 0 radical (unpaired) electrons. The minimum Gasteiger partial charge on any atom is -0.504 e. The zero-order valence-corrected chi connectivity index (χ0v) is 7.34. The fourth-order valence-electron chi connectivity index (χ4n) is 0.636. The van der Waals surface area contributed by atoms with Gasteiger partial charge in [-0.1, -0.05) is 18.7 Å². The van der Waals surface area contributed by atoms with E-state index in [4.69, 9.17) is 10.5 Å². The lowest BCUT2D eigenvalue weighted by Crippen LogP contribution is -1.99. The van der Waals surface area contributed by atoms with Gasteiger partial charge in [0.1, 0.15) is 0 Å². The summed E-state index contributed by atoms with van der Waals surface area (Å²) in [7, 11) is 1.44. The fraction of sp³-hybridized carbons (Fsp3) is 0.333. The van der Waals surface area contributed by atoms with Crippen molar-refractivity contribution >= 4 is 0 Å². The molecule has 3 nitrogen and oxygen atoms in total. The molecule has 0 bridgehead atoms. The molecule has 0 spiro atoms. The third-order valence-corrected chi connectivity index (χ3v) is 1.34. The van der Waals surface area contributed by atoms with Gasteiger partial charge >= 0.3 is 0 Å². The van der Waals surface area contributed by atoms with E-state index in [1.807, 2.05) is 0 Å². The van der Waals surface area contributed by atoms with Crippen LogP contribution < -0.4 is 5.73 Å². The highest BCUT2D eigenvalue weighted by molar-refractivity contribution is 5.26. The van der Waals surface area contributed by atoms with Crippen molar-refractivity contribution in [3.8, 4) is 0 Å². The zero-order chi connectivity index (χ0) is 9.56. The molecule has 68 valence electrons. The lowest BCUT2D eigenvalue weighted by molar-refractivity contribution is 0.258. The van der Waals surface area contributed by atoms with Gasteiger partial charge in [-0.2, -0.15) is 0 Å². The first-order valence-corrected chi connectivity index (χ1v) is 3.63. The van der Waals surface area contributed by atoms with E-state index in [1.54, 1.807) is 0 Å². The second-order valence-electron chi connectivity index (χ2n) is 2.35. The Morgan fingerprint density at radius 3 is 2.58 bits per heavy atom. The first kappa shape index (κ1) is 10.8. The molecule has 0 heterocycles. The number of nitrogens with two attached hydrogens (primary N) is 1. The molecule has 3 heteroatoms. The molecule has 0 aliphatic heterocycles. The van der Waals surface area contributed by atoms with E-state index in [-0.39, 0.29) is 11.5 Å². The maximum absolute atomic E-state index is 9.25. The van der Waals surface area contributed by atoms with Crippen molar-refractivity contribution in [2.24, 2.45) is 5.73 Å². The minimum atomic E-state index is -0.00375. The number of ether oxygens (including phenoxy) is 1. The largest absolute Gasteiger partial charge is 0.504 e. The molecule has 0 aromatic carbocycles. The van der Waals surface area contributed by atoms with Crippen LogP contribution in [0.2, 0.25) is 0 Å². The normalized spacial score (nSPS) is 11.0. The topological polar surface area (TPSA) is 55.5 Å². The third-order valence-electron chi connectivity index (χ3n) is 1.34. The molecular formula is C9H15NO2. The van der Waals surface area contributed by atoms with Crippen LogP contribution in [-0.4, -0.2) is 18.8 Å². The Morgan fingerprint density at radius 2 is 2.17 bits per heavy atom. The first-order valence-electron chi connectivity index (χ1n) is 3.63. The van der Waals surface area contributed by atoms with Gasteiger partial charge in [-0.15, -0.1) is 0 Å². The van der Waals surface area contributed by atoms with Gasteiger partial charge in [0.2, 0.25) is 0 Å². The molecule has 0 amide bonds. The molecule has 0 saturated carbocycles. The second-order valence-corrected chi connectivity index (χ2v) is 2.35. The summed E-state index contributed by atoms with van der Waals surface area (Å²) < 4.78 is 4.71. The molecule has 0 saturated heterocycles. The van der Waals surface area contributed by atoms with Crippen LogP contribution in [0.3, 0.4) is 0 Å². The second kappa shape index (κ2) is 5.43. The van der Waals surface area contributed by atoms with Gasteiger partial charge < -0.3 is 15.6 Å². The highest BCUT2D eigenvalue weighted by Gasteiger charge is 1.99. The first-order chi connectivity index (χ1) is 5.61. The summed E-state index contributed by atoms with van der Waals surface area (Å²) in [6, 6.07) is 0.